The van der Waals surface area contributed by atoms with Gasteiger partial charge in [0.15, 0.2) is 0 Å². The van der Waals surface area contributed by atoms with Crippen molar-refractivity contribution in [2.24, 2.45) is 0 Å². The molecule has 0 N–H and O–H groups in total. The number of fused-ring (bicyclic) bond motifs is 1. The first-order valence-electron chi connectivity index (χ1n) is 10.4. The lowest BCUT2D eigenvalue weighted by atomic mass is 10.2. The Balaban J connectivity index is 1.31. The summed E-state index contributed by atoms with van der Waals surface area (Å²) in [6.45, 7) is 7.11. The molecular formula is C24H27ClN4O. The molecule has 3 aromatic rings. The van der Waals surface area contributed by atoms with Crippen molar-refractivity contribution in [3.05, 3.63) is 64.8 Å². The number of aryl methyl sites for hydroxylation is 1. The van der Waals surface area contributed by atoms with Crippen LogP contribution in [0, 0.1) is 11.3 Å². The number of halogens is 1. The van der Waals surface area contributed by atoms with Crippen molar-refractivity contribution in [3.63, 3.8) is 0 Å². The first kappa shape index (κ1) is 20.7. The lowest BCUT2D eigenvalue weighted by Gasteiger charge is -2.34. The predicted octanol–water partition coefficient (Wildman–Crippen LogP) is 4.38. The summed E-state index contributed by atoms with van der Waals surface area (Å²) in [7, 11) is 1.68. The molecule has 0 spiro atoms. The molecule has 1 saturated heterocycles. The van der Waals surface area contributed by atoms with Crippen molar-refractivity contribution >= 4 is 22.5 Å². The van der Waals surface area contributed by atoms with Gasteiger partial charge in [-0.2, -0.15) is 5.26 Å². The quantitative estimate of drug-likeness (QED) is 0.566. The number of para-hydroxylation sites is 1. The molecule has 1 aromatic heterocycles. The minimum absolute atomic E-state index is 0.706. The molecular weight excluding hydrogens is 396 g/mol. The number of benzene rings is 2. The van der Waals surface area contributed by atoms with E-state index in [9.17, 15) is 5.26 Å². The van der Waals surface area contributed by atoms with Crippen LogP contribution in [0.3, 0.4) is 0 Å². The molecule has 0 bridgehead atoms. The number of ether oxygens (including phenoxy) is 1. The monoisotopic (exact) mass is 422 g/mol. The van der Waals surface area contributed by atoms with Gasteiger partial charge in [-0.05, 0) is 30.7 Å². The van der Waals surface area contributed by atoms with Crippen molar-refractivity contribution < 1.29 is 4.74 Å². The van der Waals surface area contributed by atoms with E-state index in [1.165, 1.54) is 5.56 Å². The van der Waals surface area contributed by atoms with E-state index in [-0.39, 0.29) is 0 Å². The molecule has 0 amide bonds. The normalized spacial score (nSPS) is 15.4. The molecule has 4 rings (SSSR count). The second-order valence-electron chi connectivity index (χ2n) is 7.77. The van der Waals surface area contributed by atoms with Crippen LogP contribution < -0.4 is 4.74 Å². The lowest BCUT2D eigenvalue weighted by molar-refractivity contribution is 0.125. The Morgan fingerprint density at radius 2 is 1.77 bits per heavy atom. The predicted molar refractivity (Wildman–Crippen MR) is 121 cm³/mol. The van der Waals surface area contributed by atoms with Gasteiger partial charge in [0.05, 0.1) is 18.2 Å². The van der Waals surface area contributed by atoms with Crippen molar-refractivity contribution in [3.8, 4) is 11.8 Å². The Hall–Kier alpha value is -2.52. The highest BCUT2D eigenvalue weighted by Gasteiger charge is 2.18. The molecule has 0 aliphatic carbocycles. The highest BCUT2D eigenvalue weighted by molar-refractivity contribution is 6.31. The van der Waals surface area contributed by atoms with Crippen LogP contribution in [0.2, 0.25) is 5.02 Å². The SMILES string of the molecule is COc1cccc2c(C#N)cn(CCCN3CCN(Cc4ccccc4Cl)CC3)c12. The van der Waals surface area contributed by atoms with Crippen molar-refractivity contribution in [1.82, 2.24) is 14.4 Å². The summed E-state index contributed by atoms with van der Waals surface area (Å²) in [6, 6.07) is 16.3. The van der Waals surface area contributed by atoms with Gasteiger partial charge in [-0.25, -0.2) is 0 Å². The second-order valence-corrected chi connectivity index (χ2v) is 8.17. The summed E-state index contributed by atoms with van der Waals surface area (Å²) in [6.07, 6.45) is 2.99. The Morgan fingerprint density at radius 3 is 2.50 bits per heavy atom. The van der Waals surface area contributed by atoms with Crippen LogP contribution in [0.1, 0.15) is 17.5 Å². The molecule has 1 aliphatic heterocycles. The largest absolute Gasteiger partial charge is 0.495 e. The van der Waals surface area contributed by atoms with E-state index in [1.807, 2.05) is 36.5 Å². The summed E-state index contributed by atoms with van der Waals surface area (Å²) >= 11 is 6.31. The smallest absolute Gasteiger partial charge is 0.143 e. The molecule has 6 heteroatoms. The molecule has 0 unspecified atom stereocenters. The van der Waals surface area contributed by atoms with E-state index < -0.39 is 0 Å². The van der Waals surface area contributed by atoms with E-state index in [0.717, 1.165) is 73.9 Å². The van der Waals surface area contributed by atoms with Crippen molar-refractivity contribution in [2.75, 3.05) is 39.8 Å². The standard InChI is InChI=1S/C24H27ClN4O/c1-30-23-9-4-7-21-20(16-26)18-29(24(21)23)11-5-10-27-12-14-28(15-13-27)17-19-6-2-3-8-22(19)25/h2-4,6-9,18H,5,10-15,17H2,1H3. The molecule has 30 heavy (non-hydrogen) atoms. The van der Waals surface area contributed by atoms with Crippen LogP contribution in [0.5, 0.6) is 5.75 Å². The van der Waals surface area contributed by atoms with Gasteiger partial charge in [0, 0.05) is 55.9 Å². The van der Waals surface area contributed by atoms with E-state index >= 15 is 0 Å². The van der Waals surface area contributed by atoms with Gasteiger partial charge in [-0.15, -0.1) is 0 Å². The topological polar surface area (TPSA) is 44.4 Å². The average Bonchev–Trinajstić information content (AvgIpc) is 3.14. The maximum atomic E-state index is 9.46. The Labute approximate surface area is 183 Å². The molecule has 0 saturated carbocycles. The van der Waals surface area contributed by atoms with E-state index in [0.29, 0.717) is 5.56 Å². The zero-order valence-corrected chi connectivity index (χ0v) is 18.1. The van der Waals surface area contributed by atoms with Crippen LogP contribution in [0.4, 0.5) is 0 Å². The van der Waals surface area contributed by atoms with Crippen LogP contribution >= 0.6 is 11.6 Å². The van der Waals surface area contributed by atoms with Crippen LogP contribution in [0.25, 0.3) is 10.9 Å². The average molecular weight is 423 g/mol. The molecule has 0 radical (unpaired) electrons. The van der Waals surface area contributed by atoms with Crippen LogP contribution in [-0.2, 0) is 13.1 Å². The van der Waals surface area contributed by atoms with Gasteiger partial charge in [0.1, 0.15) is 11.8 Å². The van der Waals surface area contributed by atoms with Gasteiger partial charge in [0.2, 0.25) is 0 Å². The van der Waals surface area contributed by atoms with Crippen LogP contribution in [0.15, 0.2) is 48.7 Å². The van der Waals surface area contributed by atoms with Gasteiger partial charge in [-0.3, -0.25) is 4.90 Å². The fraction of sp³-hybridized carbons (Fsp3) is 0.375. The summed E-state index contributed by atoms with van der Waals surface area (Å²) in [5.41, 5.74) is 2.92. The number of nitriles is 1. The Bertz CT molecular complexity index is 1050. The molecule has 0 atom stereocenters. The molecule has 5 nitrogen and oxygen atoms in total. The summed E-state index contributed by atoms with van der Waals surface area (Å²) in [4.78, 5) is 5.00. The van der Waals surface area contributed by atoms with Crippen molar-refractivity contribution in [2.45, 2.75) is 19.5 Å². The number of hydrogen-bond acceptors (Lipinski definition) is 4. The molecule has 1 fully saturated rings. The molecule has 2 aromatic carbocycles. The fourth-order valence-corrected chi connectivity index (χ4v) is 4.45. The Kier molecular flexibility index (Phi) is 6.59. The zero-order valence-electron chi connectivity index (χ0n) is 17.4. The molecule has 2 heterocycles. The number of rotatable bonds is 7. The maximum Gasteiger partial charge on any atom is 0.143 e. The second kappa shape index (κ2) is 9.53. The first-order chi connectivity index (χ1) is 14.7. The van der Waals surface area contributed by atoms with E-state index in [4.69, 9.17) is 16.3 Å². The third-order valence-electron chi connectivity index (χ3n) is 5.89. The minimum Gasteiger partial charge on any atom is -0.495 e. The number of nitrogens with zero attached hydrogens (tertiary/aromatic N) is 4. The third kappa shape index (κ3) is 4.46. The lowest BCUT2D eigenvalue weighted by Crippen LogP contribution is -2.46. The number of hydrogen-bond donors (Lipinski definition) is 0. The van der Waals surface area contributed by atoms with Gasteiger partial charge >= 0.3 is 0 Å². The van der Waals surface area contributed by atoms with E-state index in [1.54, 1.807) is 7.11 Å². The highest BCUT2D eigenvalue weighted by Crippen LogP contribution is 2.29. The third-order valence-corrected chi connectivity index (χ3v) is 6.26. The summed E-state index contributed by atoms with van der Waals surface area (Å²) in [5, 5.41) is 11.3. The molecule has 156 valence electrons. The zero-order chi connectivity index (χ0) is 20.9. The van der Waals surface area contributed by atoms with Gasteiger partial charge < -0.3 is 14.2 Å². The van der Waals surface area contributed by atoms with E-state index in [2.05, 4.69) is 32.6 Å². The number of aromatic nitrogens is 1. The minimum atomic E-state index is 0.706. The van der Waals surface area contributed by atoms with Gasteiger partial charge in [-0.1, -0.05) is 41.9 Å². The highest BCUT2D eigenvalue weighted by atomic mass is 35.5. The van der Waals surface area contributed by atoms with Crippen molar-refractivity contribution in [1.29, 1.82) is 5.26 Å². The first-order valence-corrected chi connectivity index (χ1v) is 10.8. The number of piperazine rings is 1. The maximum absolute atomic E-state index is 9.46. The fourth-order valence-electron chi connectivity index (χ4n) is 4.26. The molecule has 1 aliphatic rings. The summed E-state index contributed by atoms with van der Waals surface area (Å²) in [5.74, 6) is 0.821. The number of methoxy groups -OCH3 is 1. The summed E-state index contributed by atoms with van der Waals surface area (Å²) < 4.78 is 7.70. The van der Waals surface area contributed by atoms with Crippen LogP contribution in [-0.4, -0.2) is 54.2 Å². The van der Waals surface area contributed by atoms with Gasteiger partial charge in [0.25, 0.3) is 0 Å². The Morgan fingerprint density at radius 1 is 1.00 bits per heavy atom.